The minimum absolute atomic E-state index is 0.00925. The van der Waals surface area contributed by atoms with Gasteiger partial charge in [-0.2, -0.15) is 0 Å². The number of rotatable bonds is 9. The van der Waals surface area contributed by atoms with Crippen LogP contribution >= 0.6 is 0 Å². The van der Waals surface area contributed by atoms with Crippen LogP contribution in [0.2, 0.25) is 0 Å². The molecule has 0 saturated carbocycles. The molecule has 6 nitrogen and oxygen atoms in total. The highest BCUT2D eigenvalue weighted by Crippen LogP contribution is 2.42. The normalized spacial score (nSPS) is 11.5. The van der Waals surface area contributed by atoms with Crippen molar-refractivity contribution in [2.75, 3.05) is 33.9 Å². The zero-order valence-corrected chi connectivity index (χ0v) is 20.6. The van der Waals surface area contributed by atoms with Gasteiger partial charge < -0.3 is 23.5 Å². The van der Waals surface area contributed by atoms with Gasteiger partial charge in [-0.05, 0) is 64.0 Å². The Hall–Kier alpha value is -3.41. The summed E-state index contributed by atoms with van der Waals surface area (Å²) >= 11 is 0. The third kappa shape index (κ3) is 4.70. The number of amides is 1. The molecule has 0 aliphatic rings. The number of hydrogen-bond acceptors (Lipinski definition) is 5. The smallest absolute Gasteiger partial charge is 0.246 e. The van der Waals surface area contributed by atoms with Gasteiger partial charge in [-0.1, -0.05) is 6.07 Å². The maximum atomic E-state index is 12.7. The predicted molar refractivity (Wildman–Crippen MR) is 132 cm³/mol. The van der Waals surface area contributed by atoms with Crippen molar-refractivity contribution in [2.24, 2.45) is 0 Å². The Morgan fingerprint density at radius 1 is 1.06 bits per heavy atom. The van der Waals surface area contributed by atoms with E-state index in [4.69, 9.17) is 18.6 Å². The van der Waals surface area contributed by atoms with Crippen molar-refractivity contribution in [3.8, 4) is 28.4 Å². The molecule has 3 aromatic rings. The molecule has 176 valence electrons. The van der Waals surface area contributed by atoms with Gasteiger partial charge in [-0.3, -0.25) is 4.79 Å². The number of carbonyl (C=O) groups excluding carboxylic acids is 1. The molecule has 0 aliphatic heterocycles. The van der Waals surface area contributed by atoms with Gasteiger partial charge in [0.2, 0.25) is 5.91 Å². The molecule has 0 unspecified atom stereocenters. The van der Waals surface area contributed by atoms with Crippen LogP contribution in [0.1, 0.15) is 38.8 Å². The molecule has 0 bridgehead atoms. The van der Waals surface area contributed by atoms with E-state index >= 15 is 0 Å². The molecule has 1 amide bonds. The second-order valence-corrected chi connectivity index (χ2v) is 7.74. The van der Waals surface area contributed by atoms with E-state index < -0.39 is 0 Å². The first kappa shape index (κ1) is 24.2. The lowest BCUT2D eigenvalue weighted by Gasteiger charge is -2.18. The van der Waals surface area contributed by atoms with Crippen LogP contribution in [-0.4, -0.2) is 44.7 Å². The van der Waals surface area contributed by atoms with E-state index in [9.17, 15) is 4.79 Å². The Morgan fingerprint density at radius 2 is 1.76 bits per heavy atom. The molecule has 33 heavy (non-hydrogen) atoms. The van der Waals surface area contributed by atoms with Gasteiger partial charge >= 0.3 is 0 Å². The van der Waals surface area contributed by atoms with Crippen LogP contribution in [0.15, 0.2) is 41.0 Å². The predicted octanol–water partition coefficient (Wildman–Crippen LogP) is 6.10. The SMILES string of the molecule is CCOc1c(/C(C)=C/C(=O)N(CC)CC)cc2c(-c3ccc(OC)c(OC)c3)coc2c1C. The molecule has 2 aromatic carbocycles. The molecule has 0 fully saturated rings. The molecule has 0 saturated heterocycles. The lowest BCUT2D eigenvalue weighted by Crippen LogP contribution is -2.28. The molecule has 0 aliphatic carbocycles. The van der Waals surface area contributed by atoms with Gasteiger partial charge in [0.05, 0.1) is 27.1 Å². The third-order valence-electron chi connectivity index (χ3n) is 5.87. The van der Waals surface area contributed by atoms with Crippen LogP contribution in [0, 0.1) is 6.92 Å². The van der Waals surface area contributed by atoms with Gasteiger partial charge in [0, 0.05) is 41.2 Å². The van der Waals surface area contributed by atoms with Gasteiger partial charge in [-0.25, -0.2) is 0 Å². The van der Waals surface area contributed by atoms with Crippen LogP contribution in [0.5, 0.6) is 17.2 Å². The van der Waals surface area contributed by atoms with Crippen LogP contribution < -0.4 is 14.2 Å². The van der Waals surface area contributed by atoms with Crippen molar-refractivity contribution in [3.05, 3.63) is 47.7 Å². The van der Waals surface area contributed by atoms with E-state index in [0.717, 1.165) is 44.5 Å². The van der Waals surface area contributed by atoms with Gasteiger partial charge in [0.1, 0.15) is 11.3 Å². The third-order valence-corrected chi connectivity index (χ3v) is 5.87. The van der Waals surface area contributed by atoms with Crippen molar-refractivity contribution in [1.82, 2.24) is 4.90 Å². The molecule has 0 radical (unpaired) electrons. The van der Waals surface area contributed by atoms with E-state index in [1.165, 1.54) is 0 Å². The molecule has 6 heteroatoms. The lowest BCUT2D eigenvalue weighted by atomic mass is 9.96. The maximum absolute atomic E-state index is 12.7. The Bertz CT molecular complexity index is 1170. The average molecular weight is 452 g/mol. The van der Waals surface area contributed by atoms with Gasteiger partial charge in [0.25, 0.3) is 0 Å². The number of ether oxygens (including phenoxy) is 3. The number of allylic oxidation sites excluding steroid dienone is 1. The zero-order valence-electron chi connectivity index (χ0n) is 20.6. The average Bonchev–Trinajstić information content (AvgIpc) is 3.25. The molecule has 1 heterocycles. The van der Waals surface area contributed by atoms with Gasteiger partial charge in [-0.15, -0.1) is 0 Å². The van der Waals surface area contributed by atoms with E-state index in [1.54, 1.807) is 31.5 Å². The van der Waals surface area contributed by atoms with Crippen molar-refractivity contribution in [2.45, 2.75) is 34.6 Å². The Balaban J connectivity index is 2.20. The van der Waals surface area contributed by atoms with E-state index in [2.05, 4.69) is 0 Å². The summed E-state index contributed by atoms with van der Waals surface area (Å²) in [5.41, 5.74) is 5.27. The lowest BCUT2D eigenvalue weighted by molar-refractivity contribution is -0.125. The second kappa shape index (κ2) is 10.5. The molecular formula is C27H33NO5. The van der Waals surface area contributed by atoms with E-state index in [-0.39, 0.29) is 5.91 Å². The summed E-state index contributed by atoms with van der Waals surface area (Å²) in [7, 11) is 3.23. The molecule has 1 aromatic heterocycles. The van der Waals surface area contributed by atoms with Crippen molar-refractivity contribution < 1.29 is 23.4 Å². The largest absolute Gasteiger partial charge is 0.493 e. The van der Waals surface area contributed by atoms with E-state index in [1.807, 2.05) is 58.9 Å². The summed E-state index contributed by atoms with van der Waals surface area (Å²) in [6.07, 6.45) is 3.44. The number of furan rings is 1. The summed E-state index contributed by atoms with van der Waals surface area (Å²) in [6, 6.07) is 7.83. The number of aryl methyl sites for hydroxylation is 1. The standard InChI is InChI=1S/C27H33NO5/c1-8-28(9-2)25(29)13-17(4)20-15-21-22(16-33-27(21)18(5)26(20)32-10-3)19-11-12-23(30-6)24(14-19)31-7/h11-16H,8-10H2,1-7H3/b17-13+. The number of methoxy groups -OCH3 is 2. The fourth-order valence-corrected chi connectivity index (χ4v) is 4.06. The van der Waals surface area contributed by atoms with Crippen LogP contribution in [0.3, 0.4) is 0 Å². The fourth-order valence-electron chi connectivity index (χ4n) is 4.06. The van der Waals surface area contributed by atoms with Crippen LogP contribution in [0.25, 0.3) is 27.7 Å². The number of fused-ring (bicyclic) bond motifs is 1. The zero-order chi connectivity index (χ0) is 24.1. The van der Waals surface area contributed by atoms with Crippen molar-refractivity contribution in [1.29, 1.82) is 0 Å². The number of nitrogens with zero attached hydrogens (tertiary/aromatic N) is 1. The maximum Gasteiger partial charge on any atom is 0.246 e. The highest BCUT2D eigenvalue weighted by molar-refractivity contribution is 6.01. The minimum atomic E-state index is -0.00925. The highest BCUT2D eigenvalue weighted by Gasteiger charge is 2.20. The fraction of sp³-hybridized carbons (Fsp3) is 0.370. The van der Waals surface area contributed by atoms with Crippen LogP contribution in [0.4, 0.5) is 0 Å². The monoisotopic (exact) mass is 451 g/mol. The Labute approximate surface area is 195 Å². The first-order chi connectivity index (χ1) is 15.9. The second-order valence-electron chi connectivity index (χ2n) is 7.74. The minimum Gasteiger partial charge on any atom is -0.493 e. The summed E-state index contributed by atoms with van der Waals surface area (Å²) in [5.74, 6) is 2.04. The Morgan fingerprint density at radius 3 is 2.36 bits per heavy atom. The van der Waals surface area contributed by atoms with Crippen LogP contribution in [-0.2, 0) is 4.79 Å². The highest BCUT2D eigenvalue weighted by atomic mass is 16.5. The summed E-state index contributed by atoms with van der Waals surface area (Å²) in [5, 5.41) is 0.946. The summed E-state index contributed by atoms with van der Waals surface area (Å²) in [4.78, 5) is 14.5. The van der Waals surface area contributed by atoms with Gasteiger partial charge in [0.15, 0.2) is 11.5 Å². The summed E-state index contributed by atoms with van der Waals surface area (Å²) in [6.45, 7) is 11.7. The first-order valence-electron chi connectivity index (χ1n) is 11.3. The number of carbonyl (C=O) groups is 1. The van der Waals surface area contributed by atoms with Crippen molar-refractivity contribution in [3.63, 3.8) is 0 Å². The quantitative estimate of drug-likeness (QED) is 0.368. The van der Waals surface area contributed by atoms with E-state index in [0.29, 0.717) is 31.2 Å². The molecular weight excluding hydrogens is 418 g/mol. The molecule has 0 spiro atoms. The molecule has 0 atom stereocenters. The molecule has 3 rings (SSSR count). The topological polar surface area (TPSA) is 61.1 Å². The summed E-state index contributed by atoms with van der Waals surface area (Å²) < 4.78 is 22.9. The first-order valence-corrected chi connectivity index (χ1v) is 11.3. The number of hydrogen-bond donors (Lipinski definition) is 0. The molecule has 0 N–H and O–H groups in total. The number of likely N-dealkylation sites (N-methyl/N-ethyl adjacent to an activating group) is 1. The Kier molecular flexibility index (Phi) is 7.69. The number of benzene rings is 2. The van der Waals surface area contributed by atoms with Crippen molar-refractivity contribution >= 4 is 22.4 Å².